The quantitative estimate of drug-likeness (QED) is 0.525. The highest BCUT2D eigenvalue weighted by molar-refractivity contribution is 7.80. The van der Waals surface area contributed by atoms with Crippen molar-refractivity contribution >= 4 is 39.7 Å². The lowest BCUT2D eigenvalue weighted by Gasteiger charge is -2.37. The van der Waals surface area contributed by atoms with E-state index in [0.29, 0.717) is 10.7 Å². The van der Waals surface area contributed by atoms with Gasteiger partial charge in [0.2, 0.25) is 0 Å². The van der Waals surface area contributed by atoms with Gasteiger partial charge in [-0.1, -0.05) is 0 Å². The lowest BCUT2D eigenvalue weighted by molar-refractivity contribution is 0.391. The van der Waals surface area contributed by atoms with Crippen molar-refractivity contribution in [3.63, 3.8) is 0 Å². The summed E-state index contributed by atoms with van der Waals surface area (Å²) in [7, 11) is 0. The Morgan fingerprint density at radius 2 is 1.79 bits per heavy atom. The van der Waals surface area contributed by atoms with Crippen LogP contribution in [0.25, 0.3) is 11.0 Å². The van der Waals surface area contributed by atoms with Crippen molar-refractivity contribution in [1.82, 2.24) is 4.90 Å². The van der Waals surface area contributed by atoms with Crippen LogP contribution >= 0.6 is 12.2 Å². The maximum absolute atomic E-state index is 13.1. The Morgan fingerprint density at radius 3 is 2.50 bits per heavy atom. The van der Waals surface area contributed by atoms with Crippen molar-refractivity contribution in [3.8, 4) is 0 Å². The van der Waals surface area contributed by atoms with E-state index in [4.69, 9.17) is 16.6 Å². The number of halogens is 1. The molecule has 0 unspecified atom stereocenters. The van der Waals surface area contributed by atoms with E-state index in [2.05, 4.69) is 15.1 Å². The molecule has 3 aromatic rings. The third kappa shape index (κ3) is 3.84. The minimum atomic E-state index is -0.360. The van der Waals surface area contributed by atoms with Gasteiger partial charge in [0, 0.05) is 55.1 Å². The predicted octanol–water partition coefficient (Wildman–Crippen LogP) is 3.76. The summed E-state index contributed by atoms with van der Waals surface area (Å²) in [5.41, 5.74) is 2.87. The van der Waals surface area contributed by atoms with Gasteiger partial charge in [-0.25, -0.2) is 9.18 Å². The first-order valence-corrected chi connectivity index (χ1v) is 9.51. The molecule has 0 bridgehead atoms. The van der Waals surface area contributed by atoms with Crippen LogP contribution in [0.3, 0.4) is 0 Å². The van der Waals surface area contributed by atoms with Crippen molar-refractivity contribution in [2.45, 2.75) is 6.92 Å². The first-order chi connectivity index (χ1) is 13.5. The minimum Gasteiger partial charge on any atom is -0.423 e. The largest absolute Gasteiger partial charge is 0.423 e. The number of aryl methyl sites for hydroxylation is 1. The van der Waals surface area contributed by atoms with Crippen LogP contribution in [-0.2, 0) is 0 Å². The number of fused-ring (bicyclic) bond motifs is 1. The third-order valence-electron chi connectivity index (χ3n) is 4.96. The van der Waals surface area contributed by atoms with Crippen LogP contribution in [0.1, 0.15) is 5.56 Å². The molecule has 2 heterocycles. The molecule has 28 heavy (non-hydrogen) atoms. The molecule has 4 rings (SSSR count). The van der Waals surface area contributed by atoms with Crippen molar-refractivity contribution in [2.24, 2.45) is 0 Å². The van der Waals surface area contributed by atoms with Gasteiger partial charge in [0.05, 0.1) is 0 Å². The average molecular weight is 397 g/mol. The fourth-order valence-electron chi connectivity index (χ4n) is 3.42. The maximum atomic E-state index is 13.1. The molecule has 1 N–H and O–H groups in total. The van der Waals surface area contributed by atoms with Crippen LogP contribution in [-0.4, -0.2) is 36.2 Å². The highest BCUT2D eigenvalue weighted by Gasteiger charge is 2.19. The standard InChI is InChI=1S/C21H20FN3O2S/c1-14-12-20(26)27-19-13-16(4-7-18(14)19)23-21(28)25-10-8-24(9-11-25)17-5-2-15(22)3-6-17/h2-7,12-13H,8-11H2,1H3,(H,23,28). The molecular weight excluding hydrogens is 377 g/mol. The highest BCUT2D eigenvalue weighted by Crippen LogP contribution is 2.22. The number of thiocarbonyl (C=S) groups is 1. The van der Waals surface area contributed by atoms with Gasteiger partial charge in [-0.2, -0.15) is 0 Å². The Morgan fingerprint density at radius 1 is 1.07 bits per heavy atom. The lowest BCUT2D eigenvalue weighted by atomic mass is 10.1. The highest BCUT2D eigenvalue weighted by atomic mass is 32.1. The van der Waals surface area contributed by atoms with E-state index in [-0.39, 0.29) is 11.4 Å². The summed E-state index contributed by atoms with van der Waals surface area (Å²) in [6.07, 6.45) is 0. The Hall–Kier alpha value is -2.93. The van der Waals surface area contributed by atoms with Crippen molar-refractivity contribution in [1.29, 1.82) is 0 Å². The van der Waals surface area contributed by atoms with Gasteiger partial charge in [-0.05, 0) is 61.1 Å². The van der Waals surface area contributed by atoms with Crippen molar-refractivity contribution in [2.75, 3.05) is 36.4 Å². The molecule has 7 heteroatoms. The summed E-state index contributed by atoms with van der Waals surface area (Å²) in [5.74, 6) is -0.228. The molecule has 1 aliphatic rings. The number of piperazine rings is 1. The van der Waals surface area contributed by atoms with Crippen LogP contribution in [0, 0.1) is 12.7 Å². The van der Waals surface area contributed by atoms with Gasteiger partial charge in [-0.3, -0.25) is 0 Å². The molecule has 1 fully saturated rings. The first kappa shape index (κ1) is 18.4. The van der Waals surface area contributed by atoms with E-state index < -0.39 is 0 Å². The van der Waals surface area contributed by atoms with Gasteiger partial charge in [-0.15, -0.1) is 0 Å². The summed E-state index contributed by atoms with van der Waals surface area (Å²) in [6, 6.07) is 13.7. The molecular formula is C21H20FN3O2S. The zero-order valence-corrected chi connectivity index (χ0v) is 16.3. The summed E-state index contributed by atoms with van der Waals surface area (Å²) in [5, 5.41) is 4.77. The SMILES string of the molecule is Cc1cc(=O)oc2cc(NC(=S)N3CCN(c4ccc(F)cc4)CC3)ccc12. The second-order valence-electron chi connectivity index (χ2n) is 6.84. The van der Waals surface area contributed by atoms with Gasteiger partial charge < -0.3 is 19.5 Å². The lowest BCUT2D eigenvalue weighted by Crippen LogP contribution is -2.50. The predicted molar refractivity (Wildman–Crippen MR) is 114 cm³/mol. The van der Waals surface area contributed by atoms with Crippen molar-refractivity contribution < 1.29 is 8.81 Å². The number of anilines is 2. The minimum absolute atomic E-state index is 0.228. The Bertz CT molecular complexity index is 1070. The molecule has 2 aromatic carbocycles. The fourth-order valence-corrected chi connectivity index (χ4v) is 3.73. The molecule has 0 saturated carbocycles. The second-order valence-corrected chi connectivity index (χ2v) is 7.23. The number of hydrogen-bond acceptors (Lipinski definition) is 4. The van der Waals surface area contributed by atoms with Gasteiger partial charge >= 0.3 is 5.63 Å². The zero-order valence-electron chi connectivity index (χ0n) is 15.4. The third-order valence-corrected chi connectivity index (χ3v) is 5.32. The van der Waals surface area contributed by atoms with E-state index in [0.717, 1.165) is 48.5 Å². The average Bonchev–Trinajstić information content (AvgIpc) is 2.68. The van der Waals surface area contributed by atoms with Gasteiger partial charge in [0.25, 0.3) is 0 Å². The maximum Gasteiger partial charge on any atom is 0.336 e. The molecule has 144 valence electrons. The topological polar surface area (TPSA) is 48.7 Å². The number of rotatable bonds is 2. The first-order valence-electron chi connectivity index (χ1n) is 9.10. The summed E-state index contributed by atoms with van der Waals surface area (Å²) >= 11 is 5.56. The van der Waals surface area contributed by atoms with Crippen LogP contribution < -0.4 is 15.8 Å². The molecule has 0 amide bonds. The second kappa shape index (κ2) is 7.59. The summed E-state index contributed by atoms with van der Waals surface area (Å²) in [4.78, 5) is 15.9. The Kier molecular flexibility index (Phi) is 5.00. The van der Waals surface area contributed by atoms with Crippen LogP contribution in [0.4, 0.5) is 15.8 Å². The summed E-state index contributed by atoms with van der Waals surface area (Å²) in [6.45, 7) is 5.03. The molecule has 1 aliphatic heterocycles. The number of hydrogen-bond donors (Lipinski definition) is 1. The molecule has 0 atom stereocenters. The number of benzene rings is 2. The summed E-state index contributed by atoms with van der Waals surface area (Å²) < 4.78 is 18.4. The van der Waals surface area contributed by atoms with Crippen LogP contribution in [0.2, 0.25) is 0 Å². The molecule has 0 aliphatic carbocycles. The van der Waals surface area contributed by atoms with E-state index >= 15 is 0 Å². The molecule has 1 aromatic heterocycles. The van der Waals surface area contributed by atoms with E-state index in [1.807, 2.05) is 19.1 Å². The monoisotopic (exact) mass is 397 g/mol. The molecule has 0 spiro atoms. The normalized spacial score (nSPS) is 14.4. The Labute approximate surface area is 167 Å². The number of nitrogens with zero attached hydrogens (tertiary/aromatic N) is 2. The van der Waals surface area contributed by atoms with Crippen molar-refractivity contribution in [3.05, 3.63) is 70.3 Å². The smallest absolute Gasteiger partial charge is 0.336 e. The van der Waals surface area contributed by atoms with E-state index in [9.17, 15) is 9.18 Å². The Balaban J connectivity index is 1.41. The van der Waals surface area contributed by atoms with Gasteiger partial charge in [0.15, 0.2) is 5.11 Å². The van der Waals surface area contributed by atoms with E-state index in [1.165, 1.54) is 18.2 Å². The van der Waals surface area contributed by atoms with Gasteiger partial charge in [0.1, 0.15) is 11.4 Å². The molecule has 0 radical (unpaired) electrons. The zero-order chi connectivity index (χ0) is 19.7. The van der Waals surface area contributed by atoms with Crippen LogP contribution in [0.15, 0.2) is 57.7 Å². The molecule has 1 saturated heterocycles. The fraction of sp³-hybridized carbons (Fsp3) is 0.238. The number of nitrogens with one attached hydrogen (secondary N) is 1. The molecule has 5 nitrogen and oxygen atoms in total. The van der Waals surface area contributed by atoms with Crippen LogP contribution in [0.5, 0.6) is 0 Å². The van der Waals surface area contributed by atoms with E-state index in [1.54, 1.807) is 18.2 Å².